The third kappa shape index (κ3) is 3.25. The molecule has 0 bridgehead atoms. The van der Waals surface area contributed by atoms with Crippen LogP contribution in [0.15, 0.2) is 24.3 Å². The van der Waals surface area contributed by atoms with E-state index >= 15 is 0 Å². The van der Waals surface area contributed by atoms with Crippen molar-refractivity contribution >= 4 is 6.03 Å². The maximum atomic E-state index is 12.1. The van der Waals surface area contributed by atoms with Crippen LogP contribution in [0.25, 0.3) is 0 Å². The lowest BCUT2D eigenvalue weighted by molar-refractivity contribution is 0.191. The van der Waals surface area contributed by atoms with Crippen LogP contribution in [0, 0.1) is 0 Å². The van der Waals surface area contributed by atoms with Gasteiger partial charge in [0.05, 0.1) is 0 Å². The van der Waals surface area contributed by atoms with Crippen molar-refractivity contribution in [3.8, 4) is 0 Å². The molecule has 0 radical (unpaired) electrons. The number of nitrogens with one attached hydrogen (secondary N) is 1. The molecular weight excluding hydrogens is 224 g/mol. The van der Waals surface area contributed by atoms with E-state index in [1.54, 1.807) is 0 Å². The minimum absolute atomic E-state index is 0.0512. The Bertz CT molecular complexity index is 407. The number of hydrogen-bond donors (Lipinski definition) is 1. The molecule has 1 aromatic carbocycles. The van der Waals surface area contributed by atoms with Crippen LogP contribution in [0.5, 0.6) is 0 Å². The van der Waals surface area contributed by atoms with Crippen molar-refractivity contribution in [2.45, 2.75) is 39.2 Å². The molecule has 0 fully saturated rings. The summed E-state index contributed by atoms with van der Waals surface area (Å²) in [6.07, 6.45) is 1.90. The Morgan fingerprint density at radius 2 is 1.61 bits per heavy atom. The smallest absolute Gasteiger partial charge is 0.317 e. The van der Waals surface area contributed by atoms with Gasteiger partial charge in [-0.3, -0.25) is 0 Å². The lowest BCUT2D eigenvalue weighted by Gasteiger charge is -2.27. The molecule has 1 aliphatic heterocycles. The molecule has 98 valence electrons. The zero-order valence-electron chi connectivity index (χ0n) is 11.5. The summed E-state index contributed by atoms with van der Waals surface area (Å²) in [7, 11) is 0. The van der Waals surface area contributed by atoms with Gasteiger partial charge in [0.2, 0.25) is 0 Å². The second-order valence-corrected chi connectivity index (χ2v) is 5.94. The largest absolute Gasteiger partial charge is 0.333 e. The second-order valence-electron chi connectivity index (χ2n) is 5.94. The number of hydrogen-bond acceptors (Lipinski definition) is 1. The molecule has 2 rings (SSSR count). The predicted molar refractivity (Wildman–Crippen MR) is 73.7 cm³/mol. The summed E-state index contributed by atoms with van der Waals surface area (Å²) in [5.74, 6) is 0. The number of fused-ring (bicyclic) bond motifs is 1. The summed E-state index contributed by atoms with van der Waals surface area (Å²) < 4.78 is 0. The van der Waals surface area contributed by atoms with Crippen molar-refractivity contribution in [3.63, 3.8) is 0 Å². The highest BCUT2D eigenvalue weighted by molar-refractivity contribution is 5.75. The van der Waals surface area contributed by atoms with Gasteiger partial charge in [0.25, 0.3) is 0 Å². The van der Waals surface area contributed by atoms with Crippen LogP contribution in [0.3, 0.4) is 0 Å². The summed E-state index contributed by atoms with van der Waals surface area (Å²) in [5, 5.41) is 3.03. The first-order valence-electron chi connectivity index (χ1n) is 6.59. The van der Waals surface area contributed by atoms with Crippen molar-refractivity contribution in [3.05, 3.63) is 35.4 Å². The quantitative estimate of drug-likeness (QED) is 0.750. The van der Waals surface area contributed by atoms with Crippen LogP contribution < -0.4 is 5.32 Å². The van der Waals surface area contributed by atoms with E-state index in [2.05, 4.69) is 29.6 Å². The van der Waals surface area contributed by atoms with Crippen molar-refractivity contribution in [1.82, 2.24) is 10.2 Å². The Hall–Kier alpha value is -1.51. The summed E-state index contributed by atoms with van der Waals surface area (Å²) in [4.78, 5) is 14.1. The normalized spacial score (nSPS) is 15.8. The van der Waals surface area contributed by atoms with Crippen molar-refractivity contribution in [2.24, 2.45) is 0 Å². The highest BCUT2D eigenvalue weighted by Gasteiger charge is 2.21. The molecule has 0 saturated heterocycles. The summed E-state index contributed by atoms with van der Waals surface area (Å²) >= 11 is 0. The van der Waals surface area contributed by atoms with Crippen LogP contribution in [0.2, 0.25) is 0 Å². The lowest BCUT2D eigenvalue weighted by Crippen LogP contribution is -2.49. The standard InChI is InChI=1S/C15H22N2O/c1-15(2,3)16-14(18)17-10-8-12-6-4-5-7-13(12)9-11-17/h4-7H,8-11H2,1-3H3,(H,16,18). The molecular formula is C15H22N2O. The van der Waals surface area contributed by atoms with E-state index in [0.717, 1.165) is 25.9 Å². The first-order valence-corrected chi connectivity index (χ1v) is 6.59. The number of amides is 2. The van der Waals surface area contributed by atoms with Crippen molar-refractivity contribution in [1.29, 1.82) is 0 Å². The molecule has 2 amide bonds. The summed E-state index contributed by atoms with van der Waals surface area (Å²) in [6.45, 7) is 7.64. The maximum absolute atomic E-state index is 12.1. The van der Waals surface area contributed by atoms with Gasteiger partial charge in [-0.05, 0) is 44.7 Å². The molecule has 18 heavy (non-hydrogen) atoms. The average molecular weight is 246 g/mol. The van der Waals surface area contributed by atoms with Crippen molar-refractivity contribution < 1.29 is 4.79 Å². The topological polar surface area (TPSA) is 32.3 Å². The fourth-order valence-corrected chi connectivity index (χ4v) is 2.27. The van der Waals surface area contributed by atoms with Gasteiger partial charge in [-0.15, -0.1) is 0 Å². The molecule has 1 N–H and O–H groups in total. The Kier molecular flexibility index (Phi) is 3.60. The Balaban J connectivity index is 2.02. The fraction of sp³-hybridized carbons (Fsp3) is 0.533. The van der Waals surface area contributed by atoms with Crippen LogP contribution in [0.4, 0.5) is 4.79 Å². The minimum atomic E-state index is -0.170. The molecule has 0 aliphatic carbocycles. The van der Waals surface area contributed by atoms with Gasteiger partial charge in [-0.1, -0.05) is 24.3 Å². The Labute approximate surface area is 109 Å². The highest BCUT2D eigenvalue weighted by atomic mass is 16.2. The number of carbonyl (C=O) groups is 1. The molecule has 0 unspecified atom stereocenters. The Morgan fingerprint density at radius 1 is 1.11 bits per heavy atom. The van der Waals surface area contributed by atoms with Gasteiger partial charge < -0.3 is 10.2 Å². The Morgan fingerprint density at radius 3 is 2.06 bits per heavy atom. The SMILES string of the molecule is CC(C)(C)NC(=O)N1CCc2ccccc2CC1. The summed E-state index contributed by atoms with van der Waals surface area (Å²) in [5.41, 5.74) is 2.59. The van der Waals surface area contributed by atoms with Crippen LogP contribution in [0.1, 0.15) is 31.9 Å². The monoisotopic (exact) mass is 246 g/mol. The average Bonchev–Trinajstić information content (AvgIpc) is 2.49. The van der Waals surface area contributed by atoms with E-state index in [4.69, 9.17) is 0 Å². The molecule has 3 nitrogen and oxygen atoms in total. The molecule has 3 heteroatoms. The van der Waals surface area contributed by atoms with E-state index < -0.39 is 0 Å². The molecule has 0 spiro atoms. The second kappa shape index (κ2) is 5.01. The number of benzene rings is 1. The third-order valence-corrected chi connectivity index (χ3v) is 3.19. The molecule has 0 atom stereocenters. The van der Waals surface area contributed by atoms with Gasteiger partial charge >= 0.3 is 6.03 Å². The van der Waals surface area contributed by atoms with Gasteiger partial charge in [0, 0.05) is 18.6 Å². The van der Waals surface area contributed by atoms with Crippen molar-refractivity contribution in [2.75, 3.05) is 13.1 Å². The van der Waals surface area contributed by atoms with Gasteiger partial charge in [-0.25, -0.2) is 4.79 Å². The zero-order valence-corrected chi connectivity index (χ0v) is 11.5. The van der Waals surface area contributed by atoms with E-state index in [-0.39, 0.29) is 11.6 Å². The van der Waals surface area contributed by atoms with Gasteiger partial charge in [-0.2, -0.15) is 0 Å². The zero-order chi connectivity index (χ0) is 13.2. The molecule has 0 aromatic heterocycles. The van der Waals surface area contributed by atoms with E-state index in [9.17, 15) is 4.79 Å². The number of nitrogens with zero attached hydrogens (tertiary/aromatic N) is 1. The van der Waals surface area contributed by atoms with Crippen LogP contribution in [-0.2, 0) is 12.8 Å². The van der Waals surface area contributed by atoms with E-state index in [1.807, 2.05) is 25.7 Å². The predicted octanol–water partition coefficient (Wildman–Crippen LogP) is 2.60. The highest BCUT2D eigenvalue weighted by Crippen LogP contribution is 2.15. The first kappa shape index (κ1) is 12.9. The molecule has 1 aromatic rings. The number of urea groups is 1. The third-order valence-electron chi connectivity index (χ3n) is 3.19. The number of carbonyl (C=O) groups excluding carboxylic acids is 1. The molecule has 0 saturated carbocycles. The van der Waals surface area contributed by atoms with Crippen LogP contribution >= 0.6 is 0 Å². The molecule has 1 aliphatic rings. The lowest BCUT2D eigenvalue weighted by atomic mass is 10.0. The first-order chi connectivity index (χ1) is 8.46. The van der Waals surface area contributed by atoms with Gasteiger partial charge in [0.15, 0.2) is 0 Å². The van der Waals surface area contributed by atoms with E-state index in [1.165, 1.54) is 11.1 Å². The minimum Gasteiger partial charge on any atom is -0.333 e. The maximum Gasteiger partial charge on any atom is 0.317 e. The molecule has 1 heterocycles. The number of rotatable bonds is 0. The van der Waals surface area contributed by atoms with Crippen LogP contribution in [-0.4, -0.2) is 29.6 Å². The fourth-order valence-electron chi connectivity index (χ4n) is 2.27. The summed E-state index contributed by atoms with van der Waals surface area (Å²) in [6, 6.07) is 8.53. The van der Waals surface area contributed by atoms with Gasteiger partial charge in [0.1, 0.15) is 0 Å². The van der Waals surface area contributed by atoms with E-state index in [0.29, 0.717) is 0 Å².